The van der Waals surface area contributed by atoms with E-state index in [1.54, 1.807) is 0 Å². The predicted octanol–water partition coefficient (Wildman–Crippen LogP) is 3.42. The van der Waals surface area contributed by atoms with Gasteiger partial charge in [-0.15, -0.1) is 0 Å². The van der Waals surface area contributed by atoms with Crippen molar-refractivity contribution >= 4 is 0 Å². The van der Waals surface area contributed by atoms with Crippen molar-refractivity contribution in [2.24, 2.45) is 0 Å². The molecule has 0 atom stereocenters. The van der Waals surface area contributed by atoms with E-state index in [1.165, 1.54) is 37.7 Å². The third-order valence-corrected chi connectivity index (χ3v) is 2.98. The van der Waals surface area contributed by atoms with Gasteiger partial charge in [-0.25, -0.2) is 0 Å². The summed E-state index contributed by atoms with van der Waals surface area (Å²) >= 11 is 0. The maximum absolute atomic E-state index is 5.49. The molecule has 0 spiro atoms. The van der Waals surface area contributed by atoms with Gasteiger partial charge in [0.25, 0.3) is 0 Å². The van der Waals surface area contributed by atoms with Gasteiger partial charge in [-0.05, 0) is 37.8 Å². The first kappa shape index (κ1) is 15.2. The van der Waals surface area contributed by atoms with Crippen molar-refractivity contribution in [1.29, 1.82) is 0 Å². The Labute approximate surface area is 112 Å². The van der Waals surface area contributed by atoms with E-state index in [0.29, 0.717) is 0 Å². The van der Waals surface area contributed by atoms with Crippen molar-refractivity contribution in [2.45, 2.75) is 39.0 Å². The molecule has 1 aromatic carbocycles. The molecule has 0 aliphatic heterocycles. The second-order valence-electron chi connectivity index (χ2n) is 4.66. The monoisotopic (exact) mass is 249 g/mol. The summed E-state index contributed by atoms with van der Waals surface area (Å²) in [5.74, 6) is 0. The molecule has 0 amide bonds. The smallest absolute Gasteiger partial charge is 0.0590 e. The van der Waals surface area contributed by atoms with Crippen molar-refractivity contribution in [2.75, 3.05) is 26.3 Å². The zero-order valence-electron chi connectivity index (χ0n) is 11.7. The molecule has 0 heterocycles. The lowest BCUT2D eigenvalue weighted by atomic mass is 10.1. The average molecular weight is 249 g/mol. The van der Waals surface area contributed by atoms with Gasteiger partial charge in [0.15, 0.2) is 0 Å². The molecule has 0 fully saturated rings. The first-order valence-electron chi connectivity index (χ1n) is 7.26. The van der Waals surface area contributed by atoms with Crippen LogP contribution in [0.5, 0.6) is 0 Å². The number of benzene rings is 1. The molecule has 0 aromatic heterocycles. The number of hydrogen-bond acceptors (Lipinski definition) is 2. The van der Waals surface area contributed by atoms with Crippen molar-refractivity contribution in [3.63, 3.8) is 0 Å². The lowest BCUT2D eigenvalue weighted by Crippen LogP contribution is -2.21. The molecule has 0 aliphatic rings. The Morgan fingerprint density at radius 3 is 2.56 bits per heavy atom. The molecule has 102 valence electrons. The van der Waals surface area contributed by atoms with E-state index in [0.717, 1.165) is 26.3 Å². The lowest BCUT2D eigenvalue weighted by molar-refractivity contribution is 0.133. The molecule has 1 rings (SSSR count). The van der Waals surface area contributed by atoms with Crippen LogP contribution in [0.1, 0.15) is 38.2 Å². The van der Waals surface area contributed by atoms with E-state index >= 15 is 0 Å². The zero-order valence-corrected chi connectivity index (χ0v) is 11.7. The number of hydrogen-bond donors (Lipinski definition) is 1. The van der Waals surface area contributed by atoms with Gasteiger partial charge in [-0.3, -0.25) is 0 Å². The normalized spacial score (nSPS) is 10.7. The van der Waals surface area contributed by atoms with Crippen LogP contribution in [0.4, 0.5) is 0 Å². The summed E-state index contributed by atoms with van der Waals surface area (Å²) in [6.45, 7) is 6.03. The molecular formula is C16H27NO. The Bertz CT molecular complexity index is 274. The first-order chi connectivity index (χ1) is 8.93. The van der Waals surface area contributed by atoms with Gasteiger partial charge in [-0.1, -0.05) is 43.7 Å². The third-order valence-electron chi connectivity index (χ3n) is 2.98. The molecule has 1 aromatic rings. The molecule has 0 saturated heterocycles. The number of rotatable bonds is 11. The van der Waals surface area contributed by atoms with Crippen LogP contribution in [-0.4, -0.2) is 26.3 Å². The topological polar surface area (TPSA) is 21.3 Å². The van der Waals surface area contributed by atoms with Crippen LogP contribution in [0.3, 0.4) is 0 Å². The lowest BCUT2D eigenvalue weighted by Gasteiger charge is -2.06. The number of unbranched alkanes of at least 4 members (excludes halogenated alkanes) is 2. The molecule has 18 heavy (non-hydrogen) atoms. The van der Waals surface area contributed by atoms with E-state index in [1.807, 2.05) is 0 Å². The van der Waals surface area contributed by atoms with E-state index in [9.17, 15) is 0 Å². The van der Waals surface area contributed by atoms with E-state index in [2.05, 4.69) is 42.6 Å². The molecular weight excluding hydrogens is 222 g/mol. The van der Waals surface area contributed by atoms with E-state index < -0.39 is 0 Å². The second kappa shape index (κ2) is 11.2. The first-order valence-corrected chi connectivity index (χ1v) is 7.26. The van der Waals surface area contributed by atoms with Crippen LogP contribution in [0.2, 0.25) is 0 Å². The molecule has 2 heteroatoms. The minimum Gasteiger partial charge on any atom is -0.380 e. The van der Waals surface area contributed by atoms with Gasteiger partial charge in [0, 0.05) is 13.2 Å². The number of aryl methyl sites for hydroxylation is 1. The van der Waals surface area contributed by atoms with E-state index in [4.69, 9.17) is 4.74 Å². The minimum absolute atomic E-state index is 0.846. The molecule has 2 nitrogen and oxygen atoms in total. The fraction of sp³-hybridized carbons (Fsp3) is 0.625. The fourth-order valence-electron chi connectivity index (χ4n) is 1.84. The number of ether oxygens (including phenoxy) is 1. The highest BCUT2D eigenvalue weighted by atomic mass is 16.5. The average Bonchev–Trinajstić information content (AvgIpc) is 2.42. The van der Waals surface area contributed by atoms with Gasteiger partial charge in [0.05, 0.1) is 6.61 Å². The maximum Gasteiger partial charge on any atom is 0.0590 e. The highest BCUT2D eigenvalue weighted by Crippen LogP contribution is 2.03. The van der Waals surface area contributed by atoms with Crippen LogP contribution in [0, 0.1) is 0 Å². The van der Waals surface area contributed by atoms with Gasteiger partial charge in [-0.2, -0.15) is 0 Å². The molecule has 0 aliphatic carbocycles. The largest absolute Gasteiger partial charge is 0.380 e. The molecule has 0 unspecified atom stereocenters. The standard InChI is InChI=1S/C16H27NO/c1-2-3-14-18-15-13-17-12-8-7-11-16-9-5-4-6-10-16/h4-6,9-10,17H,2-3,7-8,11-15H2,1H3. The highest BCUT2D eigenvalue weighted by Gasteiger charge is 1.93. The Hall–Kier alpha value is -0.860. The Morgan fingerprint density at radius 2 is 1.78 bits per heavy atom. The Kier molecular flexibility index (Phi) is 9.49. The van der Waals surface area contributed by atoms with Gasteiger partial charge in [0.1, 0.15) is 0 Å². The third kappa shape index (κ3) is 8.26. The van der Waals surface area contributed by atoms with Crippen LogP contribution in [-0.2, 0) is 11.2 Å². The molecule has 0 bridgehead atoms. The van der Waals surface area contributed by atoms with Crippen molar-refractivity contribution in [3.8, 4) is 0 Å². The van der Waals surface area contributed by atoms with Crippen molar-refractivity contribution < 1.29 is 4.74 Å². The molecule has 0 saturated carbocycles. The van der Waals surface area contributed by atoms with Gasteiger partial charge >= 0.3 is 0 Å². The summed E-state index contributed by atoms with van der Waals surface area (Å²) in [4.78, 5) is 0. The summed E-state index contributed by atoms with van der Waals surface area (Å²) in [5, 5.41) is 3.42. The van der Waals surface area contributed by atoms with Crippen LogP contribution in [0.25, 0.3) is 0 Å². The Morgan fingerprint density at radius 1 is 0.944 bits per heavy atom. The van der Waals surface area contributed by atoms with Crippen LogP contribution < -0.4 is 5.32 Å². The summed E-state index contributed by atoms with van der Waals surface area (Å²) in [7, 11) is 0. The summed E-state index contributed by atoms with van der Waals surface area (Å²) in [6.07, 6.45) is 6.08. The van der Waals surface area contributed by atoms with Crippen molar-refractivity contribution in [3.05, 3.63) is 35.9 Å². The minimum atomic E-state index is 0.846. The quantitative estimate of drug-likeness (QED) is 0.607. The molecule has 1 N–H and O–H groups in total. The second-order valence-corrected chi connectivity index (χ2v) is 4.66. The number of nitrogens with one attached hydrogen (secondary N) is 1. The highest BCUT2D eigenvalue weighted by molar-refractivity contribution is 5.14. The fourth-order valence-corrected chi connectivity index (χ4v) is 1.84. The van der Waals surface area contributed by atoms with Gasteiger partial charge < -0.3 is 10.1 Å². The van der Waals surface area contributed by atoms with E-state index in [-0.39, 0.29) is 0 Å². The SMILES string of the molecule is CCCCOCCNCCCCc1ccccc1. The predicted molar refractivity (Wildman–Crippen MR) is 78.0 cm³/mol. The van der Waals surface area contributed by atoms with Crippen LogP contribution >= 0.6 is 0 Å². The summed E-state index contributed by atoms with van der Waals surface area (Å²) < 4.78 is 5.49. The summed E-state index contributed by atoms with van der Waals surface area (Å²) in [5.41, 5.74) is 1.44. The molecule has 0 radical (unpaired) electrons. The Balaban J connectivity index is 1.82. The van der Waals surface area contributed by atoms with Crippen LogP contribution in [0.15, 0.2) is 30.3 Å². The van der Waals surface area contributed by atoms with Gasteiger partial charge in [0.2, 0.25) is 0 Å². The zero-order chi connectivity index (χ0) is 12.9. The summed E-state index contributed by atoms with van der Waals surface area (Å²) in [6, 6.07) is 10.7. The maximum atomic E-state index is 5.49. The van der Waals surface area contributed by atoms with Crippen molar-refractivity contribution in [1.82, 2.24) is 5.32 Å².